The Morgan fingerprint density at radius 2 is 1.70 bits per heavy atom. The summed E-state index contributed by atoms with van der Waals surface area (Å²) in [6, 6.07) is 10.2. The van der Waals surface area contributed by atoms with Gasteiger partial charge in [0.05, 0.1) is 5.02 Å². The van der Waals surface area contributed by atoms with Crippen molar-refractivity contribution in [2.45, 2.75) is 32.6 Å². The monoisotopic (exact) mass is 492 g/mol. The Bertz CT molecular complexity index is 1090. The first-order chi connectivity index (χ1) is 15.7. The Hall–Kier alpha value is -2.13. The third-order valence-electron chi connectivity index (χ3n) is 6.13. The van der Waals surface area contributed by atoms with Gasteiger partial charge in [-0.2, -0.15) is 4.31 Å². The van der Waals surface area contributed by atoms with Crippen LogP contribution in [0.2, 0.25) is 5.02 Å². The Kier molecular flexibility index (Phi) is 8.39. The van der Waals surface area contributed by atoms with Crippen LogP contribution in [0.15, 0.2) is 41.3 Å². The first kappa shape index (κ1) is 25.5. The lowest BCUT2D eigenvalue weighted by Crippen LogP contribution is -2.46. The summed E-state index contributed by atoms with van der Waals surface area (Å²) in [5.74, 6) is -0.383. The van der Waals surface area contributed by atoms with Gasteiger partial charge in [0, 0.05) is 56.2 Å². The first-order valence-electron chi connectivity index (χ1n) is 11.4. The molecular formula is C24H33ClN4O3S. The molecule has 2 aromatic rings. The summed E-state index contributed by atoms with van der Waals surface area (Å²) in [5.41, 5.74) is 3.15. The molecule has 1 amide bonds. The van der Waals surface area contributed by atoms with E-state index in [1.165, 1.54) is 28.2 Å². The van der Waals surface area contributed by atoms with Gasteiger partial charge in [-0.1, -0.05) is 32.4 Å². The van der Waals surface area contributed by atoms with Gasteiger partial charge in [-0.05, 0) is 55.4 Å². The molecule has 1 saturated heterocycles. The average molecular weight is 493 g/mol. The second kappa shape index (κ2) is 10.9. The molecule has 0 aliphatic carbocycles. The summed E-state index contributed by atoms with van der Waals surface area (Å²) in [6.07, 6.45) is 0. The predicted octanol–water partition coefficient (Wildman–Crippen LogP) is 4.07. The van der Waals surface area contributed by atoms with Gasteiger partial charge in [-0.15, -0.1) is 0 Å². The summed E-state index contributed by atoms with van der Waals surface area (Å²) >= 11 is 6.19. The van der Waals surface area contributed by atoms with Gasteiger partial charge in [0.25, 0.3) is 5.91 Å². The van der Waals surface area contributed by atoms with Gasteiger partial charge in [0.2, 0.25) is 10.0 Å². The molecule has 1 aliphatic heterocycles. The molecule has 1 heterocycles. The molecule has 0 spiro atoms. The topological polar surface area (TPSA) is 73.0 Å². The molecular weight excluding hydrogens is 460 g/mol. The molecule has 3 rings (SSSR count). The Labute approximate surface area is 202 Å². The van der Waals surface area contributed by atoms with Crippen molar-refractivity contribution in [3.05, 3.63) is 52.5 Å². The van der Waals surface area contributed by atoms with Crippen molar-refractivity contribution in [1.29, 1.82) is 0 Å². The fraction of sp³-hybridized carbons (Fsp3) is 0.458. The number of amides is 1. The molecule has 1 aliphatic rings. The Balaban J connectivity index is 1.77. The summed E-state index contributed by atoms with van der Waals surface area (Å²) < 4.78 is 27.2. The molecule has 9 heteroatoms. The molecule has 0 bridgehead atoms. The number of nitrogens with zero attached hydrogens (tertiary/aromatic N) is 3. The normalized spacial score (nSPS) is 15.2. The lowest BCUT2D eigenvalue weighted by molar-refractivity contribution is 0.102. The molecule has 0 atom stereocenters. The van der Waals surface area contributed by atoms with E-state index in [-0.39, 0.29) is 21.4 Å². The SMILES string of the molecule is CCN1CCN(c2ccc(NC(=O)c3ccc(Cl)c(S(=O)(=O)N(CC)CC)c3)cc2C)CC1. The molecule has 0 aromatic heterocycles. The lowest BCUT2D eigenvalue weighted by Gasteiger charge is -2.36. The van der Waals surface area contributed by atoms with E-state index in [4.69, 9.17) is 11.6 Å². The Morgan fingerprint density at radius 3 is 2.27 bits per heavy atom. The third-order valence-corrected chi connectivity index (χ3v) is 8.66. The van der Waals surface area contributed by atoms with Crippen molar-refractivity contribution in [3.8, 4) is 0 Å². The quantitative estimate of drug-likeness (QED) is 0.601. The smallest absolute Gasteiger partial charge is 0.255 e. The minimum absolute atomic E-state index is 0.0572. The maximum Gasteiger partial charge on any atom is 0.255 e. The number of carbonyl (C=O) groups is 1. The van der Waals surface area contributed by atoms with Gasteiger partial charge < -0.3 is 15.1 Å². The number of anilines is 2. The summed E-state index contributed by atoms with van der Waals surface area (Å²) in [5, 5.41) is 2.98. The third kappa shape index (κ3) is 5.69. The number of nitrogens with one attached hydrogen (secondary N) is 1. The maximum absolute atomic E-state index is 12.9. The molecule has 0 radical (unpaired) electrons. The zero-order chi connectivity index (χ0) is 24.2. The number of hydrogen-bond acceptors (Lipinski definition) is 5. The van der Waals surface area contributed by atoms with Crippen LogP contribution in [0.1, 0.15) is 36.7 Å². The van der Waals surface area contributed by atoms with Crippen LogP contribution in [-0.4, -0.2) is 69.3 Å². The highest BCUT2D eigenvalue weighted by Gasteiger charge is 2.26. The van der Waals surface area contributed by atoms with Crippen molar-refractivity contribution in [3.63, 3.8) is 0 Å². The summed E-state index contributed by atoms with van der Waals surface area (Å²) in [6.45, 7) is 13.5. The number of hydrogen-bond donors (Lipinski definition) is 1. The predicted molar refractivity (Wildman–Crippen MR) is 135 cm³/mol. The molecule has 1 fully saturated rings. The number of carbonyl (C=O) groups excluding carboxylic acids is 1. The van der Waals surface area contributed by atoms with Crippen LogP contribution in [0, 0.1) is 6.92 Å². The number of aryl methyl sites for hydroxylation is 1. The number of halogens is 1. The fourth-order valence-electron chi connectivity index (χ4n) is 4.14. The van der Waals surface area contributed by atoms with Crippen molar-refractivity contribution in [2.75, 3.05) is 56.0 Å². The van der Waals surface area contributed by atoms with Crippen molar-refractivity contribution >= 4 is 38.9 Å². The minimum Gasteiger partial charge on any atom is -0.369 e. The highest BCUT2D eigenvalue weighted by molar-refractivity contribution is 7.89. The van der Waals surface area contributed by atoms with E-state index in [1.54, 1.807) is 13.8 Å². The van der Waals surface area contributed by atoms with Crippen LogP contribution in [0.3, 0.4) is 0 Å². The van der Waals surface area contributed by atoms with E-state index in [9.17, 15) is 13.2 Å². The first-order valence-corrected chi connectivity index (χ1v) is 13.2. The second-order valence-corrected chi connectivity index (χ2v) is 10.4. The zero-order valence-corrected chi connectivity index (χ0v) is 21.3. The van der Waals surface area contributed by atoms with Crippen LogP contribution in [0.5, 0.6) is 0 Å². The molecule has 180 valence electrons. The van der Waals surface area contributed by atoms with E-state index in [0.29, 0.717) is 18.8 Å². The summed E-state index contributed by atoms with van der Waals surface area (Å²) in [7, 11) is -3.78. The summed E-state index contributed by atoms with van der Waals surface area (Å²) in [4.78, 5) is 17.6. The van der Waals surface area contributed by atoms with Crippen LogP contribution in [0.4, 0.5) is 11.4 Å². The highest BCUT2D eigenvalue weighted by atomic mass is 35.5. The van der Waals surface area contributed by atoms with Crippen LogP contribution < -0.4 is 10.2 Å². The molecule has 0 saturated carbocycles. The zero-order valence-electron chi connectivity index (χ0n) is 19.8. The van der Waals surface area contributed by atoms with Crippen LogP contribution in [0.25, 0.3) is 0 Å². The molecule has 0 unspecified atom stereocenters. The minimum atomic E-state index is -3.78. The Morgan fingerprint density at radius 1 is 1.03 bits per heavy atom. The standard InChI is InChI=1S/C24H33ClN4O3S/c1-5-27-12-14-28(15-13-27)22-11-9-20(16-18(22)4)26-24(30)19-8-10-21(25)23(17-19)33(31,32)29(6-2)7-3/h8-11,16-17H,5-7,12-15H2,1-4H3,(H,26,30). The molecule has 33 heavy (non-hydrogen) atoms. The van der Waals surface area contributed by atoms with E-state index >= 15 is 0 Å². The van der Waals surface area contributed by atoms with E-state index in [1.807, 2.05) is 25.1 Å². The fourth-order valence-corrected chi connectivity index (χ4v) is 6.10. The number of piperazine rings is 1. The second-order valence-electron chi connectivity index (χ2n) is 8.11. The van der Waals surface area contributed by atoms with E-state index in [0.717, 1.165) is 38.3 Å². The maximum atomic E-state index is 12.9. The van der Waals surface area contributed by atoms with Gasteiger partial charge in [-0.3, -0.25) is 4.79 Å². The van der Waals surface area contributed by atoms with E-state index in [2.05, 4.69) is 22.0 Å². The van der Waals surface area contributed by atoms with Crippen molar-refractivity contribution < 1.29 is 13.2 Å². The molecule has 2 aromatic carbocycles. The van der Waals surface area contributed by atoms with Gasteiger partial charge in [0.15, 0.2) is 0 Å². The molecule has 7 nitrogen and oxygen atoms in total. The van der Waals surface area contributed by atoms with E-state index < -0.39 is 10.0 Å². The lowest BCUT2D eigenvalue weighted by atomic mass is 10.1. The number of sulfonamides is 1. The van der Waals surface area contributed by atoms with Crippen molar-refractivity contribution in [1.82, 2.24) is 9.21 Å². The average Bonchev–Trinajstić information content (AvgIpc) is 2.80. The van der Waals surface area contributed by atoms with Gasteiger partial charge in [-0.25, -0.2) is 8.42 Å². The van der Waals surface area contributed by atoms with Gasteiger partial charge in [0.1, 0.15) is 4.90 Å². The number of benzene rings is 2. The van der Waals surface area contributed by atoms with Crippen LogP contribution in [-0.2, 0) is 10.0 Å². The van der Waals surface area contributed by atoms with Gasteiger partial charge >= 0.3 is 0 Å². The molecule has 1 N–H and O–H groups in total. The van der Waals surface area contributed by atoms with Crippen molar-refractivity contribution in [2.24, 2.45) is 0 Å². The highest BCUT2D eigenvalue weighted by Crippen LogP contribution is 2.28. The number of rotatable bonds is 8. The largest absolute Gasteiger partial charge is 0.369 e. The van der Waals surface area contributed by atoms with Crippen LogP contribution >= 0.6 is 11.6 Å². The number of likely N-dealkylation sites (N-methyl/N-ethyl adjacent to an activating group) is 1.